The summed E-state index contributed by atoms with van der Waals surface area (Å²) >= 11 is 2.30. The van der Waals surface area contributed by atoms with Crippen molar-refractivity contribution in [1.29, 1.82) is 0 Å². The predicted octanol–water partition coefficient (Wildman–Crippen LogP) is 5.36. The summed E-state index contributed by atoms with van der Waals surface area (Å²) in [7, 11) is 0. The zero-order valence-corrected chi connectivity index (χ0v) is 17.3. The summed E-state index contributed by atoms with van der Waals surface area (Å²) in [6.45, 7) is 4.49. The van der Waals surface area contributed by atoms with Crippen LogP contribution in [0.5, 0.6) is 0 Å². The first-order valence-electron chi connectivity index (χ1n) is 7.97. The largest absolute Gasteiger partial charge is 2.00 e. The molecule has 132 valence electrons. The van der Waals surface area contributed by atoms with Gasteiger partial charge in [-0.3, -0.25) is 4.68 Å². The molecule has 0 saturated carbocycles. The molecule has 1 aromatic heterocycles. The van der Waals surface area contributed by atoms with Gasteiger partial charge in [0.05, 0.1) is 10.2 Å². The van der Waals surface area contributed by atoms with Crippen molar-refractivity contribution in [2.45, 2.75) is 6.54 Å². The van der Waals surface area contributed by atoms with Crippen LogP contribution in [0.3, 0.4) is 0 Å². The van der Waals surface area contributed by atoms with Crippen LogP contribution in [0.25, 0.3) is 17.3 Å². The summed E-state index contributed by atoms with van der Waals surface area (Å²) in [5, 5.41) is 8.53. The molecule has 4 rings (SSSR count). The number of benzene rings is 1. The molecule has 0 unspecified atom stereocenters. The number of rotatable bonds is 4. The molecule has 5 heteroatoms. The van der Waals surface area contributed by atoms with Crippen molar-refractivity contribution >= 4 is 28.7 Å². The summed E-state index contributed by atoms with van der Waals surface area (Å²) in [6, 6.07) is 26.4. The summed E-state index contributed by atoms with van der Waals surface area (Å²) in [6.07, 6.45) is 1.84. The number of hydrogen-bond donors (Lipinski definition) is 0. The van der Waals surface area contributed by atoms with Gasteiger partial charge in [-0.05, 0) is 11.1 Å². The van der Waals surface area contributed by atoms with Crippen molar-refractivity contribution in [3.05, 3.63) is 100 Å². The zero-order valence-electron chi connectivity index (χ0n) is 14.1. The van der Waals surface area contributed by atoms with Crippen molar-refractivity contribution in [3.8, 4) is 11.3 Å². The van der Waals surface area contributed by atoms with Crippen LogP contribution in [-0.4, -0.2) is 15.0 Å². The predicted molar refractivity (Wildman–Crippen MR) is 111 cm³/mol. The van der Waals surface area contributed by atoms with Gasteiger partial charge in [0.25, 0.3) is 0 Å². The van der Waals surface area contributed by atoms with E-state index in [1.807, 2.05) is 53.2 Å². The molecular formula is C21H18FeIN3. The number of nitrogens with zero attached hydrogens (tertiary/aromatic N) is 3. The second-order valence-corrected chi connectivity index (χ2v) is 6.49. The Balaban J connectivity index is 0.000000351. The molecular weight excluding hydrogens is 477 g/mol. The van der Waals surface area contributed by atoms with E-state index in [1.54, 1.807) is 0 Å². The van der Waals surface area contributed by atoms with Gasteiger partial charge in [-0.1, -0.05) is 70.3 Å². The van der Waals surface area contributed by atoms with Gasteiger partial charge in [-0.2, -0.15) is 35.4 Å². The average Bonchev–Trinajstić information content (AvgIpc) is 3.40. The third kappa shape index (κ3) is 5.27. The number of halogens is 1. The summed E-state index contributed by atoms with van der Waals surface area (Å²) in [5.74, 6) is 0. The van der Waals surface area contributed by atoms with Crippen molar-refractivity contribution < 1.29 is 17.1 Å². The summed E-state index contributed by atoms with van der Waals surface area (Å²) in [5.41, 5.74) is 4.38. The van der Waals surface area contributed by atoms with Crippen LogP contribution in [0, 0.1) is 3.70 Å². The minimum atomic E-state index is 0. The topological polar surface area (TPSA) is 30.7 Å². The molecule has 0 aliphatic rings. The van der Waals surface area contributed by atoms with Crippen LogP contribution in [0.4, 0.5) is 0 Å². The van der Waals surface area contributed by atoms with Gasteiger partial charge in [-0.25, -0.2) is 12.1 Å². The fourth-order valence-corrected chi connectivity index (χ4v) is 3.05. The van der Waals surface area contributed by atoms with Crippen molar-refractivity contribution in [3.63, 3.8) is 0 Å². The van der Waals surface area contributed by atoms with E-state index in [0.29, 0.717) is 0 Å². The van der Waals surface area contributed by atoms with E-state index < -0.39 is 0 Å². The van der Waals surface area contributed by atoms with Crippen molar-refractivity contribution in [1.82, 2.24) is 15.0 Å². The molecule has 0 aliphatic heterocycles. The quantitative estimate of drug-likeness (QED) is 0.217. The molecule has 0 fully saturated rings. The molecule has 0 aliphatic carbocycles. The molecule has 3 aromatic carbocycles. The van der Waals surface area contributed by atoms with E-state index in [-0.39, 0.29) is 17.1 Å². The van der Waals surface area contributed by atoms with E-state index in [9.17, 15) is 0 Å². The van der Waals surface area contributed by atoms with E-state index >= 15 is 0 Å². The van der Waals surface area contributed by atoms with Gasteiger partial charge in [-0.15, -0.1) is 12.1 Å². The standard InChI is InChI=1S/C16H13IN3.C5H5.Fe/c1-2-12-7-9-13(10-8-12)11-20-16(17)15(18-19-20)14-5-3-4-6-14;1-2-4-5-3-1;/h2-10H,1,11H2;1-5H;/q2*-1;+2. The van der Waals surface area contributed by atoms with Gasteiger partial charge < -0.3 is 0 Å². The molecule has 0 spiro atoms. The first kappa shape index (κ1) is 20.4. The fourth-order valence-electron chi connectivity index (χ4n) is 2.36. The fraction of sp³-hybridized carbons (Fsp3) is 0.0476. The maximum Gasteiger partial charge on any atom is 2.00 e. The smallest absolute Gasteiger partial charge is 0.273 e. The second kappa shape index (κ2) is 10.3. The molecule has 0 N–H and O–H groups in total. The molecule has 1 heterocycles. The van der Waals surface area contributed by atoms with Crippen LogP contribution in [0.1, 0.15) is 11.1 Å². The van der Waals surface area contributed by atoms with Gasteiger partial charge in [0, 0.05) is 5.69 Å². The minimum absolute atomic E-state index is 0. The molecule has 0 saturated heterocycles. The van der Waals surface area contributed by atoms with Gasteiger partial charge >= 0.3 is 17.1 Å². The van der Waals surface area contributed by atoms with Crippen LogP contribution in [0.2, 0.25) is 0 Å². The molecule has 0 amide bonds. The van der Waals surface area contributed by atoms with E-state index in [4.69, 9.17) is 0 Å². The number of aromatic nitrogens is 3. The zero-order chi connectivity index (χ0) is 17.5. The Morgan fingerprint density at radius 2 is 1.73 bits per heavy atom. The van der Waals surface area contributed by atoms with E-state index in [0.717, 1.165) is 27.1 Å². The van der Waals surface area contributed by atoms with Crippen LogP contribution < -0.4 is 0 Å². The Bertz CT molecular complexity index is 874. The Morgan fingerprint density at radius 3 is 2.27 bits per heavy atom. The van der Waals surface area contributed by atoms with E-state index in [2.05, 4.69) is 75.9 Å². The molecule has 4 aromatic rings. The molecule has 0 bridgehead atoms. The Hall–Kier alpha value is -1.95. The normalized spacial score (nSPS) is 9.73. The first-order chi connectivity index (χ1) is 12.3. The van der Waals surface area contributed by atoms with Crippen LogP contribution in [0.15, 0.2) is 85.4 Å². The summed E-state index contributed by atoms with van der Waals surface area (Å²) in [4.78, 5) is 0. The monoisotopic (exact) mass is 495 g/mol. The molecule has 26 heavy (non-hydrogen) atoms. The van der Waals surface area contributed by atoms with Crippen LogP contribution >= 0.6 is 22.6 Å². The average molecular weight is 495 g/mol. The maximum absolute atomic E-state index is 4.28. The first-order valence-corrected chi connectivity index (χ1v) is 9.05. The van der Waals surface area contributed by atoms with Crippen molar-refractivity contribution in [2.75, 3.05) is 0 Å². The Morgan fingerprint density at radius 1 is 1.08 bits per heavy atom. The van der Waals surface area contributed by atoms with Crippen molar-refractivity contribution in [2.24, 2.45) is 0 Å². The Kier molecular flexibility index (Phi) is 8.03. The molecule has 0 radical (unpaired) electrons. The number of hydrogen-bond acceptors (Lipinski definition) is 2. The maximum atomic E-state index is 4.28. The second-order valence-electron chi connectivity index (χ2n) is 5.47. The van der Waals surface area contributed by atoms with Crippen LogP contribution in [-0.2, 0) is 23.6 Å². The van der Waals surface area contributed by atoms with Gasteiger partial charge in [0.1, 0.15) is 0 Å². The van der Waals surface area contributed by atoms with Gasteiger partial charge in [0.15, 0.2) is 0 Å². The molecule has 0 atom stereocenters. The minimum Gasteiger partial charge on any atom is -0.273 e. The van der Waals surface area contributed by atoms with Gasteiger partial charge in [0.2, 0.25) is 0 Å². The summed E-state index contributed by atoms with van der Waals surface area (Å²) < 4.78 is 2.98. The van der Waals surface area contributed by atoms with E-state index in [1.165, 1.54) is 5.56 Å². The third-order valence-corrected chi connectivity index (χ3v) is 4.78. The SMILES string of the molecule is C=Cc1ccc(Cn2nnc(-[c-]3cccc3)c2I)cc1.[Fe+2].c1cc[cH-]c1. The third-order valence-electron chi connectivity index (χ3n) is 3.71. The molecule has 3 nitrogen and oxygen atoms in total. The Labute approximate surface area is 178 Å².